The van der Waals surface area contributed by atoms with Gasteiger partial charge in [-0.05, 0) is 49.7 Å². The van der Waals surface area contributed by atoms with E-state index in [0.717, 1.165) is 0 Å². The van der Waals surface area contributed by atoms with Crippen LogP contribution in [-0.2, 0) is 9.84 Å². The summed E-state index contributed by atoms with van der Waals surface area (Å²) in [5.41, 5.74) is 13.9. The van der Waals surface area contributed by atoms with Gasteiger partial charge in [0.05, 0.1) is 21.3 Å². The van der Waals surface area contributed by atoms with E-state index in [0.29, 0.717) is 27.7 Å². The van der Waals surface area contributed by atoms with Crippen LogP contribution in [0.4, 0.5) is 11.5 Å². The summed E-state index contributed by atoms with van der Waals surface area (Å²) < 4.78 is 27.5. The maximum absolute atomic E-state index is 13.1. The van der Waals surface area contributed by atoms with Crippen LogP contribution in [0.1, 0.15) is 11.3 Å². The van der Waals surface area contributed by atoms with Crippen LogP contribution in [0.15, 0.2) is 52.3 Å². The van der Waals surface area contributed by atoms with Gasteiger partial charge in [-0.1, -0.05) is 23.7 Å². The third-order valence-corrected chi connectivity index (χ3v) is 6.18. The Morgan fingerprint density at radius 2 is 1.76 bits per heavy atom. The number of nitrogen functional groups attached to an aromatic ring is 2. The number of rotatable bonds is 3. The number of nitrogens with zero attached hydrogens (tertiary/aromatic N) is 2. The second-order valence-electron chi connectivity index (χ2n) is 5.68. The first-order valence-electron chi connectivity index (χ1n) is 7.44. The Morgan fingerprint density at radius 3 is 2.40 bits per heavy atom. The largest absolute Gasteiger partial charge is 0.399 e. The summed E-state index contributed by atoms with van der Waals surface area (Å²) in [4.78, 5) is 0.0873. The molecule has 0 saturated carbocycles. The molecule has 3 aromatic rings. The van der Waals surface area contributed by atoms with Crippen LogP contribution < -0.4 is 11.5 Å². The number of para-hydroxylation sites is 1. The maximum atomic E-state index is 13.1. The van der Waals surface area contributed by atoms with Crippen molar-refractivity contribution in [3.8, 4) is 5.69 Å². The lowest BCUT2D eigenvalue weighted by Gasteiger charge is -2.09. The number of aryl methyl sites for hydroxylation is 2. The van der Waals surface area contributed by atoms with E-state index < -0.39 is 9.84 Å². The summed E-state index contributed by atoms with van der Waals surface area (Å²) in [6.07, 6.45) is 0. The Kier molecular flexibility index (Phi) is 4.22. The van der Waals surface area contributed by atoms with Gasteiger partial charge >= 0.3 is 0 Å². The Balaban J connectivity index is 2.21. The molecule has 0 unspecified atom stereocenters. The first-order chi connectivity index (χ1) is 11.7. The SMILES string of the molecule is Cc1cc(S(=O)(=O)c2c(C)nn(-c3ccccc3Cl)c2N)ccc1N. The van der Waals surface area contributed by atoms with Crippen molar-refractivity contribution in [2.45, 2.75) is 23.6 Å². The molecule has 2 aromatic carbocycles. The monoisotopic (exact) mass is 376 g/mol. The number of benzene rings is 2. The number of hydrogen-bond donors (Lipinski definition) is 2. The minimum Gasteiger partial charge on any atom is -0.399 e. The minimum absolute atomic E-state index is 0.0140. The smallest absolute Gasteiger partial charge is 0.212 e. The molecular weight excluding hydrogens is 360 g/mol. The quantitative estimate of drug-likeness (QED) is 0.683. The zero-order chi connectivity index (χ0) is 18.4. The average molecular weight is 377 g/mol. The zero-order valence-corrected chi connectivity index (χ0v) is 15.3. The summed E-state index contributed by atoms with van der Waals surface area (Å²) >= 11 is 6.18. The fourth-order valence-corrected chi connectivity index (χ4v) is 4.43. The van der Waals surface area contributed by atoms with Crippen molar-refractivity contribution in [3.05, 3.63) is 58.7 Å². The van der Waals surface area contributed by atoms with Crippen LogP contribution >= 0.6 is 11.6 Å². The first kappa shape index (κ1) is 17.3. The fourth-order valence-electron chi connectivity index (χ4n) is 2.60. The molecule has 0 aliphatic heterocycles. The van der Waals surface area contributed by atoms with E-state index in [1.807, 2.05) is 0 Å². The van der Waals surface area contributed by atoms with Crippen molar-refractivity contribution >= 4 is 32.9 Å². The highest BCUT2D eigenvalue weighted by atomic mass is 35.5. The predicted molar refractivity (Wildman–Crippen MR) is 98.8 cm³/mol. The van der Waals surface area contributed by atoms with E-state index in [1.54, 1.807) is 44.2 Å². The molecule has 0 amide bonds. The molecule has 1 aromatic heterocycles. The van der Waals surface area contributed by atoms with Crippen molar-refractivity contribution in [2.75, 3.05) is 11.5 Å². The summed E-state index contributed by atoms with van der Waals surface area (Å²) in [6.45, 7) is 3.35. The molecule has 0 bridgehead atoms. The predicted octanol–water partition coefficient (Wildman–Crippen LogP) is 3.14. The molecule has 4 N–H and O–H groups in total. The van der Waals surface area contributed by atoms with E-state index >= 15 is 0 Å². The van der Waals surface area contributed by atoms with Gasteiger partial charge in [0, 0.05) is 5.69 Å². The van der Waals surface area contributed by atoms with Gasteiger partial charge in [-0.3, -0.25) is 0 Å². The van der Waals surface area contributed by atoms with Gasteiger partial charge in [-0.15, -0.1) is 0 Å². The lowest BCUT2D eigenvalue weighted by molar-refractivity contribution is 0.596. The fraction of sp³-hybridized carbons (Fsp3) is 0.118. The molecule has 1 heterocycles. The Labute approximate surface area is 150 Å². The van der Waals surface area contributed by atoms with Crippen LogP contribution in [0.2, 0.25) is 5.02 Å². The number of nitrogens with two attached hydrogens (primary N) is 2. The third kappa shape index (κ3) is 2.85. The van der Waals surface area contributed by atoms with Crippen molar-refractivity contribution in [3.63, 3.8) is 0 Å². The Morgan fingerprint density at radius 1 is 1.08 bits per heavy atom. The van der Waals surface area contributed by atoms with E-state index in [4.69, 9.17) is 23.1 Å². The normalized spacial score (nSPS) is 11.6. The number of halogens is 1. The number of sulfone groups is 1. The summed E-state index contributed by atoms with van der Waals surface area (Å²) in [5, 5.41) is 4.70. The van der Waals surface area contributed by atoms with E-state index in [1.165, 1.54) is 16.8 Å². The van der Waals surface area contributed by atoms with Gasteiger partial charge < -0.3 is 11.5 Å². The van der Waals surface area contributed by atoms with E-state index in [9.17, 15) is 8.42 Å². The van der Waals surface area contributed by atoms with Crippen molar-refractivity contribution in [1.29, 1.82) is 0 Å². The van der Waals surface area contributed by atoms with Gasteiger partial charge in [0.25, 0.3) is 0 Å². The van der Waals surface area contributed by atoms with Crippen molar-refractivity contribution in [2.24, 2.45) is 0 Å². The van der Waals surface area contributed by atoms with Crippen molar-refractivity contribution in [1.82, 2.24) is 9.78 Å². The van der Waals surface area contributed by atoms with Crippen LogP contribution in [0.3, 0.4) is 0 Å². The average Bonchev–Trinajstić information content (AvgIpc) is 2.85. The summed E-state index contributed by atoms with van der Waals surface area (Å²) in [5.74, 6) is 0.0140. The standard InChI is InChI=1S/C17H17ClN4O2S/c1-10-9-12(7-8-14(10)19)25(23,24)16-11(2)21-22(17(16)20)15-6-4-3-5-13(15)18/h3-9H,19-20H2,1-2H3. The number of aromatic nitrogens is 2. The zero-order valence-electron chi connectivity index (χ0n) is 13.7. The van der Waals surface area contributed by atoms with Gasteiger partial charge in [-0.2, -0.15) is 5.10 Å². The molecular formula is C17H17ClN4O2S. The van der Waals surface area contributed by atoms with Crippen LogP contribution in [0.25, 0.3) is 5.69 Å². The molecule has 25 heavy (non-hydrogen) atoms. The first-order valence-corrected chi connectivity index (χ1v) is 9.31. The van der Waals surface area contributed by atoms with Crippen LogP contribution in [-0.4, -0.2) is 18.2 Å². The molecule has 8 heteroatoms. The minimum atomic E-state index is -3.85. The molecule has 0 fully saturated rings. The highest BCUT2D eigenvalue weighted by molar-refractivity contribution is 7.91. The molecule has 0 aliphatic rings. The lowest BCUT2D eigenvalue weighted by Crippen LogP contribution is -2.08. The number of hydrogen-bond acceptors (Lipinski definition) is 5. The summed E-state index contributed by atoms with van der Waals surface area (Å²) in [7, 11) is -3.85. The molecule has 0 aliphatic carbocycles. The molecule has 0 spiro atoms. The second-order valence-corrected chi connectivity index (χ2v) is 7.98. The van der Waals surface area contributed by atoms with E-state index in [-0.39, 0.29) is 15.6 Å². The second kappa shape index (κ2) is 6.09. The highest BCUT2D eigenvalue weighted by Gasteiger charge is 2.28. The highest BCUT2D eigenvalue weighted by Crippen LogP contribution is 2.33. The van der Waals surface area contributed by atoms with Gasteiger partial charge in [0.1, 0.15) is 10.7 Å². The molecule has 6 nitrogen and oxygen atoms in total. The van der Waals surface area contributed by atoms with Gasteiger partial charge in [0.2, 0.25) is 9.84 Å². The van der Waals surface area contributed by atoms with Crippen molar-refractivity contribution < 1.29 is 8.42 Å². The Hall–Kier alpha value is -2.51. The molecule has 0 radical (unpaired) electrons. The van der Waals surface area contributed by atoms with Gasteiger partial charge in [0.15, 0.2) is 0 Å². The van der Waals surface area contributed by atoms with Gasteiger partial charge in [-0.25, -0.2) is 13.1 Å². The molecule has 130 valence electrons. The van der Waals surface area contributed by atoms with Crippen LogP contribution in [0, 0.1) is 13.8 Å². The topological polar surface area (TPSA) is 104 Å². The maximum Gasteiger partial charge on any atom is 0.212 e. The molecule has 0 atom stereocenters. The molecule has 3 rings (SSSR count). The van der Waals surface area contributed by atoms with Crippen LogP contribution in [0.5, 0.6) is 0 Å². The third-order valence-electron chi connectivity index (χ3n) is 3.94. The lowest BCUT2D eigenvalue weighted by atomic mass is 10.2. The van der Waals surface area contributed by atoms with E-state index in [2.05, 4.69) is 5.10 Å². The summed E-state index contributed by atoms with van der Waals surface area (Å²) in [6, 6.07) is 11.5. The Bertz CT molecular complexity index is 1070. The number of anilines is 2. The molecule has 0 saturated heterocycles.